The van der Waals surface area contributed by atoms with Gasteiger partial charge in [0.05, 0.1) is 6.10 Å². The molecule has 0 saturated heterocycles. The number of aliphatic hydroxyl groups excluding tert-OH is 1. The van der Waals surface area contributed by atoms with Crippen LogP contribution in [0.4, 0.5) is 0 Å². The Morgan fingerprint density at radius 1 is 1.71 bits per heavy atom. The van der Waals surface area contributed by atoms with Crippen LogP contribution >= 0.6 is 11.6 Å². The van der Waals surface area contributed by atoms with Crippen LogP contribution in [0.5, 0.6) is 0 Å². The van der Waals surface area contributed by atoms with Crippen molar-refractivity contribution < 1.29 is 5.11 Å². The maximum Gasteiger partial charge on any atom is 0.0903 e. The molecule has 0 amide bonds. The first-order valence-electron chi connectivity index (χ1n) is 2.34. The molecule has 0 heterocycles. The molecule has 0 aliphatic carbocycles. The third-order valence-electron chi connectivity index (χ3n) is 0.672. The molecular formula is C5H10ClO. The number of halogens is 1. The molecule has 2 heteroatoms. The van der Waals surface area contributed by atoms with E-state index in [2.05, 4.69) is 0 Å². The molecule has 0 aromatic carbocycles. The monoisotopic (exact) mass is 121 g/mol. The fraction of sp³-hybridized carbons (Fsp3) is 0.800. The zero-order valence-electron chi connectivity index (χ0n) is 4.45. The third kappa shape index (κ3) is 6.25. The van der Waals surface area contributed by atoms with Gasteiger partial charge in [-0.25, -0.2) is 0 Å². The smallest absolute Gasteiger partial charge is 0.0903 e. The summed E-state index contributed by atoms with van der Waals surface area (Å²) in [7, 11) is 0. The summed E-state index contributed by atoms with van der Waals surface area (Å²) in [5.41, 5.74) is 0. The first-order valence-corrected chi connectivity index (χ1v) is 2.88. The van der Waals surface area contributed by atoms with Crippen LogP contribution in [0.3, 0.4) is 0 Å². The SMILES string of the molecule is C[C](O)CCCCl. The molecule has 0 spiro atoms. The molecule has 0 aliphatic heterocycles. The number of alkyl halides is 1. The van der Waals surface area contributed by atoms with Crippen molar-refractivity contribution in [3.63, 3.8) is 0 Å². The van der Waals surface area contributed by atoms with Crippen LogP contribution < -0.4 is 0 Å². The van der Waals surface area contributed by atoms with Crippen molar-refractivity contribution in [2.24, 2.45) is 0 Å². The Morgan fingerprint density at radius 3 is 2.43 bits per heavy atom. The van der Waals surface area contributed by atoms with Gasteiger partial charge in [-0.3, -0.25) is 0 Å². The van der Waals surface area contributed by atoms with E-state index in [-0.39, 0.29) is 0 Å². The summed E-state index contributed by atoms with van der Waals surface area (Å²) in [6.45, 7) is 1.69. The number of hydrogen-bond donors (Lipinski definition) is 1. The summed E-state index contributed by atoms with van der Waals surface area (Å²) in [6.07, 6.45) is 2.09. The van der Waals surface area contributed by atoms with E-state index in [1.54, 1.807) is 6.92 Å². The van der Waals surface area contributed by atoms with Gasteiger partial charge in [-0.15, -0.1) is 11.6 Å². The van der Waals surface area contributed by atoms with E-state index < -0.39 is 0 Å². The minimum Gasteiger partial charge on any atom is -0.387 e. The Labute approximate surface area is 49.3 Å². The van der Waals surface area contributed by atoms with Gasteiger partial charge in [0.1, 0.15) is 0 Å². The van der Waals surface area contributed by atoms with E-state index in [1.807, 2.05) is 0 Å². The second-order valence-corrected chi connectivity index (χ2v) is 1.91. The molecule has 43 valence electrons. The van der Waals surface area contributed by atoms with E-state index in [0.29, 0.717) is 12.0 Å². The average molecular weight is 122 g/mol. The van der Waals surface area contributed by atoms with Gasteiger partial charge in [-0.2, -0.15) is 0 Å². The van der Waals surface area contributed by atoms with Crippen molar-refractivity contribution in [2.45, 2.75) is 19.8 Å². The lowest BCUT2D eigenvalue weighted by molar-refractivity contribution is 0.295. The number of rotatable bonds is 3. The molecule has 1 N–H and O–H groups in total. The van der Waals surface area contributed by atoms with Gasteiger partial charge in [0.25, 0.3) is 0 Å². The highest BCUT2D eigenvalue weighted by atomic mass is 35.5. The van der Waals surface area contributed by atoms with Gasteiger partial charge >= 0.3 is 0 Å². The molecule has 0 aliphatic rings. The van der Waals surface area contributed by atoms with Crippen molar-refractivity contribution >= 4 is 11.6 Å². The van der Waals surface area contributed by atoms with Crippen molar-refractivity contribution in [3.05, 3.63) is 6.10 Å². The molecule has 7 heavy (non-hydrogen) atoms. The van der Waals surface area contributed by atoms with Crippen LogP contribution in [0, 0.1) is 6.10 Å². The molecule has 0 aromatic heterocycles. The van der Waals surface area contributed by atoms with Gasteiger partial charge in [0, 0.05) is 5.88 Å². The van der Waals surface area contributed by atoms with Crippen LogP contribution in [0.15, 0.2) is 0 Å². The topological polar surface area (TPSA) is 20.2 Å². The molecule has 0 atom stereocenters. The molecule has 0 saturated carbocycles. The molecule has 0 unspecified atom stereocenters. The highest BCUT2D eigenvalue weighted by molar-refractivity contribution is 6.17. The second-order valence-electron chi connectivity index (χ2n) is 1.53. The van der Waals surface area contributed by atoms with E-state index in [1.165, 1.54) is 0 Å². The minimum atomic E-state index is 0.473. The van der Waals surface area contributed by atoms with Crippen LogP contribution in [0.2, 0.25) is 0 Å². The lowest BCUT2D eigenvalue weighted by atomic mass is 10.2. The number of hydrogen-bond acceptors (Lipinski definition) is 1. The van der Waals surface area contributed by atoms with E-state index >= 15 is 0 Å². The van der Waals surface area contributed by atoms with Crippen molar-refractivity contribution in [1.82, 2.24) is 0 Å². The summed E-state index contributed by atoms with van der Waals surface area (Å²) in [5.74, 6) is 0.637. The normalized spacial score (nSPS) is 10.3. The van der Waals surface area contributed by atoms with Crippen molar-refractivity contribution in [2.75, 3.05) is 5.88 Å². The molecule has 1 nitrogen and oxygen atoms in total. The zero-order chi connectivity index (χ0) is 5.70. The molecular weight excluding hydrogens is 112 g/mol. The summed E-state index contributed by atoms with van der Waals surface area (Å²) >= 11 is 5.32. The van der Waals surface area contributed by atoms with E-state index in [4.69, 9.17) is 16.7 Å². The zero-order valence-corrected chi connectivity index (χ0v) is 5.20. The fourth-order valence-electron chi connectivity index (χ4n) is 0.323. The minimum absolute atomic E-state index is 0.473. The molecule has 0 rings (SSSR count). The Bertz CT molecular complexity index is 37.1. The Kier molecular flexibility index (Phi) is 4.57. The molecule has 0 aromatic rings. The summed E-state index contributed by atoms with van der Waals surface area (Å²) in [4.78, 5) is 0. The summed E-state index contributed by atoms with van der Waals surface area (Å²) in [6, 6.07) is 0. The largest absolute Gasteiger partial charge is 0.387 e. The average Bonchev–Trinajstić information content (AvgIpc) is 1.61. The molecule has 0 bridgehead atoms. The summed E-state index contributed by atoms with van der Waals surface area (Å²) < 4.78 is 0. The Balaban J connectivity index is 2.68. The predicted octanol–water partition coefficient (Wildman–Crippen LogP) is 1.93. The van der Waals surface area contributed by atoms with E-state index in [0.717, 1.165) is 12.8 Å². The lowest BCUT2D eigenvalue weighted by Crippen LogP contribution is -1.87. The standard InChI is InChI=1S/C5H10ClO/c1-5(7)3-2-4-6/h7H,2-4H2,1H3. The van der Waals surface area contributed by atoms with Crippen LogP contribution in [-0.4, -0.2) is 11.0 Å². The quantitative estimate of drug-likeness (QED) is 0.566. The van der Waals surface area contributed by atoms with Crippen LogP contribution in [-0.2, 0) is 0 Å². The van der Waals surface area contributed by atoms with Gasteiger partial charge in [0.2, 0.25) is 0 Å². The highest BCUT2D eigenvalue weighted by Gasteiger charge is 1.92. The van der Waals surface area contributed by atoms with Gasteiger partial charge in [0.15, 0.2) is 0 Å². The van der Waals surface area contributed by atoms with Gasteiger partial charge in [-0.05, 0) is 19.8 Å². The maximum absolute atomic E-state index is 8.54. The van der Waals surface area contributed by atoms with Crippen molar-refractivity contribution in [3.8, 4) is 0 Å². The lowest BCUT2D eigenvalue weighted by Gasteiger charge is -1.96. The van der Waals surface area contributed by atoms with Crippen LogP contribution in [0.1, 0.15) is 19.8 Å². The first-order chi connectivity index (χ1) is 3.27. The number of aliphatic hydroxyl groups is 1. The van der Waals surface area contributed by atoms with Crippen molar-refractivity contribution in [1.29, 1.82) is 0 Å². The third-order valence-corrected chi connectivity index (χ3v) is 0.939. The summed E-state index contributed by atoms with van der Waals surface area (Å²) in [5, 5.41) is 8.54. The Hall–Kier alpha value is 0.250. The Morgan fingerprint density at radius 2 is 2.29 bits per heavy atom. The molecule has 0 fully saturated rings. The van der Waals surface area contributed by atoms with Crippen LogP contribution in [0.25, 0.3) is 0 Å². The second kappa shape index (κ2) is 4.41. The van der Waals surface area contributed by atoms with Gasteiger partial charge in [-0.1, -0.05) is 0 Å². The van der Waals surface area contributed by atoms with E-state index in [9.17, 15) is 0 Å². The highest BCUT2D eigenvalue weighted by Crippen LogP contribution is 2.02. The fourth-order valence-corrected chi connectivity index (χ4v) is 0.456. The molecule has 1 radical (unpaired) electrons. The predicted molar refractivity (Wildman–Crippen MR) is 30.8 cm³/mol. The maximum atomic E-state index is 8.54. The van der Waals surface area contributed by atoms with Gasteiger partial charge < -0.3 is 5.11 Å². The first kappa shape index (κ1) is 7.25.